The van der Waals surface area contributed by atoms with Crippen molar-refractivity contribution in [2.45, 2.75) is 25.3 Å². The summed E-state index contributed by atoms with van der Waals surface area (Å²) in [6.07, 6.45) is -4.35. The Morgan fingerprint density at radius 1 is 1.42 bits per heavy atom. The minimum absolute atomic E-state index is 0.0804. The molecule has 1 N–H and O–H groups in total. The number of nitrogens with one attached hydrogen (secondary N) is 1. The van der Waals surface area contributed by atoms with Gasteiger partial charge in [-0.15, -0.1) is 11.3 Å². The van der Waals surface area contributed by atoms with E-state index >= 15 is 0 Å². The number of thioether (sulfide) groups is 1. The predicted octanol–water partition coefficient (Wildman–Crippen LogP) is 5.39. The second-order valence-corrected chi connectivity index (χ2v) is 7.48. The van der Waals surface area contributed by atoms with Crippen molar-refractivity contribution in [3.63, 3.8) is 0 Å². The highest BCUT2D eigenvalue weighted by molar-refractivity contribution is 7.98. The van der Waals surface area contributed by atoms with Gasteiger partial charge in [0.1, 0.15) is 0 Å². The SMILES string of the molecule is Cc1nc(CSCCC(=O)Nc2ccc(Cl)c(C(F)(F)F)c2)cs1. The Labute approximate surface area is 150 Å². The van der Waals surface area contributed by atoms with Gasteiger partial charge in [-0.2, -0.15) is 24.9 Å². The molecule has 0 aliphatic heterocycles. The molecule has 24 heavy (non-hydrogen) atoms. The zero-order valence-corrected chi connectivity index (χ0v) is 15.0. The molecule has 0 unspecified atom stereocenters. The quantitative estimate of drug-likeness (QED) is 0.668. The first-order chi connectivity index (χ1) is 11.3. The molecule has 1 aromatic heterocycles. The number of aromatic nitrogens is 1. The zero-order chi connectivity index (χ0) is 17.7. The molecule has 2 rings (SSSR count). The van der Waals surface area contributed by atoms with Crippen molar-refractivity contribution in [3.05, 3.63) is 44.9 Å². The minimum Gasteiger partial charge on any atom is -0.326 e. The van der Waals surface area contributed by atoms with E-state index in [9.17, 15) is 18.0 Å². The number of carbonyl (C=O) groups excluding carboxylic acids is 1. The van der Waals surface area contributed by atoms with E-state index in [2.05, 4.69) is 10.3 Å². The first kappa shape index (κ1) is 19.1. The lowest BCUT2D eigenvalue weighted by atomic mass is 10.2. The van der Waals surface area contributed by atoms with Crippen LogP contribution in [0.25, 0.3) is 0 Å². The van der Waals surface area contributed by atoms with E-state index in [1.165, 1.54) is 6.07 Å². The van der Waals surface area contributed by atoms with Crippen LogP contribution in [0, 0.1) is 6.92 Å². The fourth-order valence-corrected chi connectivity index (χ4v) is 3.63. The smallest absolute Gasteiger partial charge is 0.326 e. The third-order valence-electron chi connectivity index (χ3n) is 2.95. The summed E-state index contributed by atoms with van der Waals surface area (Å²) in [7, 11) is 0. The molecular formula is C15H14ClF3N2OS2. The van der Waals surface area contributed by atoms with Crippen molar-refractivity contribution in [2.24, 2.45) is 0 Å². The lowest BCUT2D eigenvalue weighted by Gasteiger charge is -2.11. The number of anilines is 1. The van der Waals surface area contributed by atoms with Crippen LogP contribution in [-0.4, -0.2) is 16.6 Å². The molecule has 0 aliphatic carbocycles. The largest absolute Gasteiger partial charge is 0.417 e. The average Bonchev–Trinajstić information content (AvgIpc) is 2.90. The van der Waals surface area contributed by atoms with Gasteiger partial charge in [0.2, 0.25) is 5.91 Å². The monoisotopic (exact) mass is 394 g/mol. The second-order valence-electron chi connectivity index (χ2n) is 4.90. The van der Waals surface area contributed by atoms with E-state index in [1.807, 2.05) is 12.3 Å². The summed E-state index contributed by atoms with van der Waals surface area (Å²) in [5.74, 6) is 0.922. The molecule has 0 saturated heterocycles. The summed E-state index contributed by atoms with van der Waals surface area (Å²) in [6, 6.07) is 3.31. The van der Waals surface area contributed by atoms with Gasteiger partial charge in [0.25, 0.3) is 0 Å². The standard InChI is InChI=1S/C15H14ClF3N2OS2/c1-9-20-11(8-24-9)7-23-5-4-14(22)21-10-2-3-13(16)12(6-10)15(17,18)19/h2-3,6,8H,4-5,7H2,1H3,(H,21,22). The maximum Gasteiger partial charge on any atom is 0.417 e. The van der Waals surface area contributed by atoms with Crippen molar-refractivity contribution >= 4 is 46.3 Å². The van der Waals surface area contributed by atoms with Gasteiger partial charge in [-0.25, -0.2) is 4.98 Å². The Balaban J connectivity index is 1.82. The molecule has 1 amide bonds. The molecule has 0 atom stereocenters. The van der Waals surface area contributed by atoms with Gasteiger partial charge in [0.15, 0.2) is 0 Å². The van der Waals surface area contributed by atoms with Gasteiger partial charge >= 0.3 is 6.18 Å². The lowest BCUT2D eigenvalue weighted by Crippen LogP contribution is -2.13. The van der Waals surface area contributed by atoms with Crippen LogP contribution in [0.2, 0.25) is 5.02 Å². The highest BCUT2D eigenvalue weighted by Gasteiger charge is 2.33. The van der Waals surface area contributed by atoms with Crippen LogP contribution in [0.5, 0.6) is 0 Å². The third-order valence-corrected chi connectivity index (χ3v) is 5.09. The van der Waals surface area contributed by atoms with Gasteiger partial charge in [-0.3, -0.25) is 4.79 Å². The number of hydrogen-bond donors (Lipinski definition) is 1. The molecule has 1 heterocycles. The number of carbonyl (C=O) groups is 1. The summed E-state index contributed by atoms with van der Waals surface area (Å²) >= 11 is 8.66. The Bertz CT molecular complexity index is 719. The number of rotatable bonds is 6. The molecule has 0 aliphatic rings. The van der Waals surface area contributed by atoms with E-state index in [0.717, 1.165) is 22.8 Å². The molecule has 9 heteroatoms. The normalized spacial score (nSPS) is 11.5. The molecule has 0 saturated carbocycles. The fourth-order valence-electron chi connectivity index (χ4n) is 1.86. The Morgan fingerprint density at radius 2 is 2.17 bits per heavy atom. The maximum atomic E-state index is 12.8. The molecular weight excluding hydrogens is 381 g/mol. The van der Waals surface area contributed by atoms with Crippen LogP contribution in [0.4, 0.5) is 18.9 Å². The molecule has 0 spiro atoms. The van der Waals surface area contributed by atoms with E-state index in [0.29, 0.717) is 11.5 Å². The van der Waals surface area contributed by atoms with Crippen LogP contribution in [-0.2, 0) is 16.7 Å². The molecule has 1 aromatic carbocycles. The Kier molecular flexibility index (Phi) is 6.54. The number of halogens is 4. The minimum atomic E-state index is -4.56. The van der Waals surface area contributed by atoms with E-state index in [-0.39, 0.29) is 18.0 Å². The number of thiazole rings is 1. The van der Waals surface area contributed by atoms with Crippen LogP contribution < -0.4 is 5.32 Å². The molecule has 0 bridgehead atoms. The van der Waals surface area contributed by atoms with E-state index < -0.39 is 16.8 Å². The summed E-state index contributed by atoms with van der Waals surface area (Å²) in [5.41, 5.74) is 0.0857. The number of aryl methyl sites for hydroxylation is 1. The number of hydrogen-bond acceptors (Lipinski definition) is 4. The second kappa shape index (κ2) is 8.22. The zero-order valence-electron chi connectivity index (χ0n) is 12.6. The lowest BCUT2D eigenvalue weighted by molar-refractivity contribution is -0.137. The topological polar surface area (TPSA) is 42.0 Å². The molecule has 0 fully saturated rings. The van der Waals surface area contributed by atoms with Crippen LogP contribution in [0.3, 0.4) is 0 Å². The number of benzene rings is 1. The molecule has 0 radical (unpaired) electrons. The van der Waals surface area contributed by atoms with Crippen LogP contribution in [0.1, 0.15) is 22.7 Å². The van der Waals surface area contributed by atoms with Gasteiger partial charge in [0.05, 0.1) is 21.3 Å². The van der Waals surface area contributed by atoms with Gasteiger partial charge in [-0.1, -0.05) is 11.6 Å². The van der Waals surface area contributed by atoms with E-state index in [1.54, 1.807) is 23.1 Å². The molecule has 2 aromatic rings. The fraction of sp³-hybridized carbons (Fsp3) is 0.333. The van der Waals surface area contributed by atoms with Gasteiger partial charge in [-0.05, 0) is 25.1 Å². The predicted molar refractivity (Wildman–Crippen MR) is 92.7 cm³/mol. The Morgan fingerprint density at radius 3 is 2.79 bits per heavy atom. The van der Waals surface area contributed by atoms with Crippen LogP contribution >= 0.6 is 34.7 Å². The summed E-state index contributed by atoms with van der Waals surface area (Å²) in [6.45, 7) is 1.92. The van der Waals surface area contributed by atoms with Crippen molar-refractivity contribution < 1.29 is 18.0 Å². The van der Waals surface area contributed by atoms with Crippen LogP contribution in [0.15, 0.2) is 23.6 Å². The van der Waals surface area contributed by atoms with E-state index in [4.69, 9.17) is 11.6 Å². The first-order valence-electron chi connectivity index (χ1n) is 6.91. The van der Waals surface area contributed by atoms with Gasteiger partial charge < -0.3 is 5.32 Å². The number of alkyl halides is 3. The van der Waals surface area contributed by atoms with Crippen molar-refractivity contribution in [1.29, 1.82) is 0 Å². The molecule has 3 nitrogen and oxygen atoms in total. The highest BCUT2D eigenvalue weighted by Crippen LogP contribution is 2.36. The Hall–Kier alpha value is -1.25. The summed E-state index contributed by atoms with van der Waals surface area (Å²) in [5, 5.41) is 5.03. The molecule has 130 valence electrons. The number of nitrogens with zero attached hydrogens (tertiary/aromatic N) is 1. The summed E-state index contributed by atoms with van der Waals surface area (Å²) in [4.78, 5) is 16.1. The van der Waals surface area contributed by atoms with Gasteiger partial charge in [0, 0.05) is 29.0 Å². The number of amides is 1. The van der Waals surface area contributed by atoms with Crippen molar-refractivity contribution in [2.75, 3.05) is 11.1 Å². The first-order valence-corrected chi connectivity index (χ1v) is 9.32. The van der Waals surface area contributed by atoms with Crippen molar-refractivity contribution in [3.8, 4) is 0 Å². The van der Waals surface area contributed by atoms with Crippen molar-refractivity contribution in [1.82, 2.24) is 4.98 Å². The maximum absolute atomic E-state index is 12.8. The third kappa shape index (κ3) is 5.68. The summed E-state index contributed by atoms with van der Waals surface area (Å²) < 4.78 is 38.3. The highest BCUT2D eigenvalue weighted by atomic mass is 35.5. The average molecular weight is 395 g/mol.